The first-order valence-corrected chi connectivity index (χ1v) is 14.9. The van der Waals surface area contributed by atoms with E-state index in [0.717, 1.165) is 48.1 Å². The first-order valence-electron chi connectivity index (χ1n) is 12.3. The number of hydrogen-bond donors (Lipinski definition) is 1. The Morgan fingerprint density at radius 3 is 2.39 bits per heavy atom. The number of hydrogen-bond acceptors (Lipinski definition) is 7. The highest BCUT2D eigenvalue weighted by Gasteiger charge is 2.22. The third-order valence-corrected chi connectivity index (χ3v) is 9.80. The zero-order chi connectivity index (χ0) is 26.7. The first-order chi connectivity index (χ1) is 18.3. The van der Waals surface area contributed by atoms with Crippen LogP contribution >= 0.6 is 22.9 Å². The number of aromatic nitrogens is 1. The molecule has 0 saturated carbocycles. The summed E-state index contributed by atoms with van der Waals surface area (Å²) < 4.78 is 28.2. The van der Waals surface area contributed by atoms with Crippen molar-refractivity contribution >= 4 is 59.9 Å². The number of benzene rings is 3. The van der Waals surface area contributed by atoms with Crippen LogP contribution in [0.4, 0.5) is 10.8 Å². The number of fused-ring (bicyclic) bond motifs is 1. The van der Waals surface area contributed by atoms with Crippen LogP contribution in [0.15, 0.2) is 77.7 Å². The monoisotopic (exact) mass is 569 g/mol. The molecule has 1 N–H and O–H groups in total. The molecular formula is C27H28ClN5O3S2. The molecule has 1 aliphatic rings. The molecule has 0 aliphatic carbocycles. The van der Waals surface area contributed by atoms with Crippen molar-refractivity contribution in [2.24, 2.45) is 0 Å². The number of para-hydroxylation sites is 2. The zero-order valence-corrected chi connectivity index (χ0v) is 23.3. The molecule has 8 nitrogen and oxygen atoms in total. The van der Waals surface area contributed by atoms with Crippen molar-refractivity contribution in [3.8, 4) is 0 Å². The van der Waals surface area contributed by atoms with Gasteiger partial charge in [0.2, 0.25) is 0 Å². The highest BCUT2D eigenvalue weighted by atomic mass is 35.5. The molecule has 1 saturated heterocycles. The van der Waals surface area contributed by atoms with Crippen LogP contribution in [0.5, 0.6) is 0 Å². The second-order valence-electron chi connectivity index (χ2n) is 9.00. The van der Waals surface area contributed by atoms with Gasteiger partial charge in [-0.25, -0.2) is 13.4 Å². The molecule has 0 radical (unpaired) electrons. The zero-order valence-electron chi connectivity index (χ0n) is 20.9. The summed E-state index contributed by atoms with van der Waals surface area (Å²) in [5, 5.41) is 4.60. The average molecular weight is 570 g/mol. The molecule has 0 atom stereocenters. The predicted molar refractivity (Wildman–Crippen MR) is 154 cm³/mol. The van der Waals surface area contributed by atoms with E-state index < -0.39 is 10.0 Å². The lowest BCUT2D eigenvalue weighted by Gasteiger charge is -2.34. The van der Waals surface area contributed by atoms with Crippen molar-refractivity contribution in [2.75, 3.05) is 55.5 Å². The van der Waals surface area contributed by atoms with Crippen LogP contribution in [-0.2, 0) is 10.0 Å². The molecule has 4 aromatic rings. The molecule has 3 aromatic carbocycles. The lowest BCUT2D eigenvalue weighted by molar-refractivity contribution is 0.0947. The van der Waals surface area contributed by atoms with E-state index in [-0.39, 0.29) is 10.8 Å². The summed E-state index contributed by atoms with van der Waals surface area (Å²) in [5.41, 5.74) is 1.85. The van der Waals surface area contributed by atoms with Gasteiger partial charge in [0, 0.05) is 51.9 Å². The van der Waals surface area contributed by atoms with Crippen LogP contribution in [0.1, 0.15) is 10.4 Å². The van der Waals surface area contributed by atoms with E-state index in [4.69, 9.17) is 16.6 Å². The van der Waals surface area contributed by atoms with Crippen molar-refractivity contribution < 1.29 is 13.2 Å². The summed E-state index contributed by atoms with van der Waals surface area (Å²) in [4.78, 5) is 22.1. The predicted octanol–water partition coefficient (Wildman–Crippen LogP) is 4.33. The van der Waals surface area contributed by atoms with Crippen molar-refractivity contribution in [1.29, 1.82) is 0 Å². The van der Waals surface area contributed by atoms with Gasteiger partial charge in [-0.1, -0.05) is 47.2 Å². The lowest BCUT2D eigenvalue weighted by atomic mass is 10.2. The summed E-state index contributed by atoms with van der Waals surface area (Å²) in [5.74, 6) is -0.227. The minimum absolute atomic E-state index is 0.133. The molecule has 0 bridgehead atoms. The van der Waals surface area contributed by atoms with Crippen LogP contribution in [0.2, 0.25) is 5.02 Å². The van der Waals surface area contributed by atoms with Crippen LogP contribution in [0.3, 0.4) is 0 Å². The molecule has 198 valence electrons. The number of piperazine rings is 1. The number of thiazole rings is 1. The summed E-state index contributed by atoms with van der Waals surface area (Å²) in [6.45, 7) is 4.71. The van der Waals surface area contributed by atoms with E-state index in [1.54, 1.807) is 47.7 Å². The summed E-state index contributed by atoms with van der Waals surface area (Å²) >= 11 is 7.93. The minimum Gasteiger partial charge on any atom is -0.351 e. The molecule has 1 amide bonds. The van der Waals surface area contributed by atoms with E-state index >= 15 is 0 Å². The number of anilines is 2. The standard InChI is InChI=1S/C27H28ClN5O3S2/c1-31(21-6-3-2-4-7-21)38(35,36)22-12-10-20(11-13-22)26(34)29-14-15-32-16-18-33(19-17-32)27-30-25-23(28)8-5-9-24(25)37-27/h2-13H,14-19H2,1H3,(H,29,34). The third-order valence-electron chi connectivity index (χ3n) is 6.61. The average Bonchev–Trinajstić information content (AvgIpc) is 3.39. The molecule has 1 aromatic heterocycles. The molecular weight excluding hydrogens is 542 g/mol. The molecule has 1 aliphatic heterocycles. The highest BCUT2D eigenvalue weighted by molar-refractivity contribution is 7.92. The van der Waals surface area contributed by atoms with E-state index in [2.05, 4.69) is 15.1 Å². The molecule has 1 fully saturated rings. The summed E-state index contributed by atoms with van der Waals surface area (Å²) in [6.07, 6.45) is 0. The minimum atomic E-state index is -3.72. The summed E-state index contributed by atoms with van der Waals surface area (Å²) in [6, 6.07) is 20.7. The second-order valence-corrected chi connectivity index (χ2v) is 12.4. The topological polar surface area (TPSA) is 85.8 Å². The van der Waals surface area contributed by atoms with Crippen LogP contribution < -0.4 is 14.5 Å². The molecule has 5 rings (SSSR count). The normalized spacial score (nSPS) is 14.5. The van der Waals surface area contributed by atoms with E-state index in [1.807, 2.05) is 24.3 Å². The van der Waals surface area contributed by atoms with Crippen LogP contribution in [0.25, 0.3) is 10.2 Å². The number of nitrogens with zero attached hydrogens (tertiary/aromatic N) is 4. The van der Waals surface area contributed by atoms with Crippen molar-refractivity contribution in [3.63, 3.8) is 0 Å². The van der Waals surface area contributed by atoms with Gasteiger partial charge in [0.25, 0.3) is 15.9 Å². The smallest absolute Gasteiger partial charge is 0.264 e. The molecule has 38 heavy (non-hydrogen) atoms. The fraction of sp³-hybridized carbons (Fsp3) is 0.259. The van der Waals surface area contributed by atoms with E-state index in [1.165, 1.54) is 23.5 Å². The number of carbonyl (C=O) groups is 1. The van der Waals surface area contributed by atoms with Gasteiger partial charge in [-0.2, -0.15) is 0 Å². The van der Waals surface area contributed by atoms with Crippen molar-refractivity contribution in [3.05, 3.63) is 83.4 Å². The van der Waals surface area contributed by atoms with Gasteiger partial charge >= 0.3 is 0 Å². The SMILES string of the molecule is CN(c1ccccc1)S(=O)(=O)c1ccc(C(=O)NCCN2CCN(c3nc4c(Cl)cccc4s3)CC2)cc1. The third kappa shape index (κ3) is 5.63. The Bertz CT molecular complexity index is 1520. The Morgan fingerprint density at radius 2 is 1.71 bits per heavy atom. The number of carbonyl (C=O) groups excluding carboxylic acids is 1. The molecule has 11 heteroatoms. The lowest BCUT2D eigenvalue weighted by Crippen LogP contribution is -2.48. The van der Waals surface area contributed by atoms with E-state index in [0.29, 0.717) is 22.8 Å². The fourth-order valence-corrected chi connectivity index (χ4v) is 6.86. The van der Waals surface area contributed by atoms with Gasteiger partial charge in [0.1, 0.15) is 5.52 Å². The Hall–Kier alpha value is -3.18. The van der Waals surface area contributed by atoms with Crippen LogP contribution in [-0.4, -0.2) is 70.5 Å². The van der Waals surface area contributed by atoms with Gasteiger partial charge < -0.3 is 10.2 Å². The highest BCUT2D eigenvalue weighted by Crippen LogP contribution is 2.33. The van der Waals surface area contributed by atoms with Gasteiger partial charge in [0.05, 0.1) is 20.3 Å². The molecule has 0 unspecified atom stereocenters. The number of nitrogens with one attached hydrogen (secondary N) is 1. The van der Waals surface area contributed by atoms with E-state index in [9.17, 15) is 13.2 Å². The Morgan fingerprint density at radius 1 is 1.00 bits per heavy atom. The summed E-state index contributed by atoms with van der Waals surface area (Å²) in [7, 11) is -2.21. The first kappa shape index (κ1) is 26.4. The van der Waals surface area contributed by atoms with Crippen molar-refractivity contribution in [2.45, 2.75) is 4.90 Å². The fourth-order valence-electron chi connectivity index (χ4n) is 4.34. The van der Waals surface area contributed by atoms with Gasteiger partial charge in [-0.15, -0.1) is 0 Å². The van der Waals surface area contributed by atoms with Gasteiger partial charge in [0.15, 0.2) is 5.13 Å². The second kappa shape index (κ2) is 11.3. The maximum absolute atomic E-state index is 12.9. The maximum atomic E-state index is 12.9. The number of sulfonamides is 1. The van der Waals surface area contributed by atoms with Crippen molar-refractivity contribution in [1.82, 2.24) is 15.2 Å². The van der Waals surface area contributed by atoms with Gasteiger partial charge in [-0.05, 0) is 48.5 Å². The maximum Gasteiger partial charge on any atom is 0.264 e. The van der Waals surface area contributed by atoms with Crippen LogP contribution in [0, 0.1) is 0 Å². The largest absolute Gasteiger partial charge is 0.351 e. The number of halogens is 1. The quantitative estimate of drug-likeness (QED) is 0.340. The Balaban J connectivity index is 1.10. The number of rotatable bonds is 8. The molecule has 0 spiro atoms. The number of amides is 1. The Labute approximate surface area is 231 Å². The Kier molecular flexibility index (Phi) is 7.85. The molecule has 2 heterocycles. The van der Waals surface area contributed by atoms with Gasteiger partial charge in [-0.3, -0.25) is 14.0 Å².